The lowest BCUT2D eigenvalue weighted by Gasteiger charge is -2.35. The summed E-state index contributed by atoms with van der Waals surface area (Å²) in [4.78, 5) is 30.7. The molecule has 0 aromatic carbocycles. The number of ether oxygens (including phenoxy) is 1. The molecule has 0 bridgehead atoms. The normalized spacial score (nSPS) is 30.9. The van der Waals surface area contributed by atoms with E-state index in [4.69, 9.17) is 8.92 Å². The molecule has 1 aromatic heterocycles. The van der Waals surface area contributed by atoms with Crippen LogP contribution < -0.4 is 0 Å². The van der Waals surface area contributed by atoms with Crippen LogP contribution >= 0.6 is 24.2 Å². The molecule has 0 aliphatic carbocycles. The minimum Gasteiger partial charge on any atom is -0.457 e. The molecule has 0 unspecified atom stereocenters. The summed E-state index contributed by atoms with van der Waals surface area (Å²) in [5, 5.41) is 13.4. The first-order valence-electron chi connectivity index (χ1n) is 12.3. The molecule has 0 saturated heterocycles. The topological polar surface area (TPSA) is 85.7 Å². The molecule has 0 fully saturated rings. The second-order valence-electron chi connectivity index (χ2n) is 10.3. The maximum absolute atomic E-state index is 13.8. The number of aromatic nitrogens is 1. The largest absolute Gasteiger partial charge is 0.457 e. The van der Waals surface area contributed by atoms with Crippen LogP contribution in [0.2, 0.25) is 0 Å². The van der Waals surface area contributed by atoms with E-state index < -0.39 is 59.7 Å². The van der Waals surface area contributed by atoms with E-state index in [1.54, 1.807) is 46.1 Å². The van der Waals surface area contributed by atoms with Crippen LogP contribution in [0.15, 0.2) is 34.8 Å². The summed E-state index contributed by atoms with van der Waals surface area (Å²) in [6, 6.07) is 0. The lowest BCUT2D eigenvalue weighted by Crippen LogP contribution is -2.45. The Balaban J connectivity index is 2.54. The number of nitrogens with zero attached hydrogens (tertiary/aromatic N) is 1. The molecule has 1 N–H and O–H groups in total. The van der Waals surface area contributed by atoms with Gasteiger partial charge in [0.25, 0.3) is 0 Å². The zero-order valence-electron chi connectivity index (χ0n) is 22.4. The van der Waals surface area contributed by atoms with E-state index in [1.807, 2.05) is 6.92 Å². The first kappa shape index (κ1) is 32.3. The number of hydrogen-bond acceptors (Lipinski definition) is 8. The molecule has 0 spiro atoms. The average molecular weight is 576 g/mol. The summed E-state index contributed by atoms with van der Waals surface area (Å²) >= 11 is 5.30. The van der Waals surface area contributed by atoms with Gasteiger partial charge < -0.3 is 14.0 Å². The number of aliphatic hydroxyl groups excluding tert-OH is 1. The third-order valence-corrected chi connectivity index (χ3v) is 7.94. The lowest BCUT2D eigenvalue weighted by molar-refractivity contribution is -0.152. The molecule has 5 atom stereocenters. The summed E-state index contributed by atoms with van der Waals surface area (Å²) in [5.74, 6) is -2.59. The second-order valence-corrected chi connectivity index (χ2v) is 11.5. The highest BCUT2D eigenvalue weighted by atomic mass is 32.1. The molecule has 2 rings (SSSR count). The number of aliphatic hydroxyl groups is 1. The maximum Gasteiger partial charge on any atom is 0.412 e. The van der Waals surface area contributed by atoms with Crippen LogP contribution in [-0.4, -0.2) is 46.3 Å². The van der Waals surface area contributed by atoms with Gasteiger partial charge in [-0.25, -0.2) is 4.98 Å². The van der Waals surface area contributed by atoms with Crippen molar-refractivity contribution in [2.24, 2.45) is 17.3 Å². The van der Waals surface area contributed by atoms with E-state index in [0.717, 1.165) is 11.1 Å². The molecule has 38 heavy (non-hydrogen) atoms. The Kier molecular flexibility index (Phi) is 11.4. The maximum atomic E-state index is 13.8. The molecule has 1 aromatic rings. The third kappa shape index (κ3) is 8.53. The zero-order valence-corrected chi connectivity index (χ0v) is 24.1. The Hall–Kier alpha value is -1.95. The van der Waals surface area contributed by atoms with E-state index in [0.29, 0.717) is 11.3 Å². The van der Waals surface area contributed by atoms with E-state index in [2.05, 4.69) is 17.9 Å². The molecule has 0 saturated carbocycles. The van der Waals surface area contributed by atoms with Gasteiger partial charge >= 0.3 is 12.1 Å². The highest BCUT2D eigenvalue weighted by Gasteiger charge is 2.43. The Morgan fingerprint density at radius 1 is 1.32 bits per heavy atom. The molecule has 1 aliphatic heterocycles. The van der Waals surface area contributed by atoms with Gasteiger partial charge in [0, 0.05) is 29.2 Å². The van der Waals surface area contributed by atoms with Crippen molar-refractivity contribution in [3.8, 4) is 0 Å². The van der Waals surface area contributed by atoms with E-state index >= 15 is 0 Å². The standard InChI is InChI=1S/C27H36F3NO5S2/c1-15-8-7-9-19(27(28,29)30)10-11-21(16(2)12-20-14-38-18(4)31-20)35-23(32)13-22(36-37)26(5,6)25(34)17(3)24(15)33/h7-8,10,12,14-15,17,21-22,24,33,37H,9,11,13H2,1-6H3/b8-7+,16-12+,19-10+/t15-,17+,21-,22-,24-/m0/s1. The number of Topliss-reactive ketones (excluding diaryl/α,β-unsaturated/α-hetero) is 1. The van der Waals surface area contributed by atoms with Crippen LogP contribution in [0.3, 0.4) is 0 Å². The molecule has 0 amide bonds. The van der Waals surface area contributed by atoms with Gasteiger partial charge in [-0.1, -0.05) is 45.9 Å². The number of halogens is 3. The summed E-state index contributed by atoms with van der Waals surface area (Å²) < 4.78 is 52.3. The number of aryl methyl sites for hydroxylation is 1. The number of esters is 1. The summed E-state index contributed by atoms with van der Waals surface area (Å²) in [6.07, 6.45) is -3.26. The van der Waals surface area contributed by atoms with Crippen molar-refractivity contribution in [3.63, 3.8) is 0 Å². The minimum atomic E-state index is -4.60. The lowest BCUT2D eigenvalue weighted by atomic mass is 9.73. The van der Waals surface area contributed by atoms with Gasteiger partial charge in [0.2, 0.25) is 0 Å². The number of carbonyl (C=O) groups excluding carboxylic acids is 2. The number of carbonyl (C=O) groups is 2. The molecule has 0 radical (unpaired) electrons. The predicted molar refractivity (Wildman–Crippen MR) is 144 cm³/mol. The van der Waals surface area contributed by atoms with Crippen LogP contribution in [0, 0.1) is 24.2 Å². The fraction of sp³-hybridized carbons (Fsp3) is 0.593. The molecule has 1 aliphatic rings. The van der Waals surface area contributed by atoms with Crippen LogP contribution in [0.25, 0.3) is 6.08 Å². The third-order valence-electron chi connectivity index (χ3n) is 6.90. The molecule has 11 heteroatoms. The molecular formula is C27H36F3NO5S2. The number of alkyl halides is 3. The highest BCUT2D eigenvalue weighted by molar-refractivity contribution is 7.75. The number of thiol groups is 1. The number of hydrogen-bond donors (Lipinski definition) is 2. The zero-order chi connectivity index (χ0) is 28.8. The van der Waals surface area contributed by atoms with E-state index in [9.17, 15) is 27.9 Å². The van der Waals surface area contributed by atoms with Crippen molar-refractivity contribution >= 4 is 42.1 Å². The van der Waals surface area contributed by atoms with Gasteiger partial charge in [-0.3, -0.25) is 9.59 Å². The number of cyclic esters (lactones) is 1. The first-order chi connectivity index (χ1) is 17.6. The number of thiazole rings is 1. The van der Waals surface area contributed by atoms with Crippen LogP contribution in [0.5, 0.6) is 0 Å². The number of allylic oxidation sites excluding steroid dienone is 2. The SMILES string of the molecule is C/C(=C\c1csc(C)n1)[C@@H]1C/C=C(/C(F)(F)F)C/C=C/[C@H](C)[C@H](O)[C@@H](C)C(=O)C(C)(C)[C@@H](OS)CC(=O)O1. The Morgan fingerprint density at radius 2 is 1.97 bits per heavy atom. The van der Waals surface area contributed by atoms with Gasteiger partial charge in [0.05, 0.1) is 34.7 Å². The molecule has 6 nitrogen and oxygen atoms in total. The van der Waals surface area contributed by atoms with Gasteiger partial charge in [0.1, 0.15) is 11.9 Å². The Labute approximate surface area is 231 Å². The fourth-order valence-electron chi connectivity index (χ4n) is 4.33. The van der Waals surface area contributed by atoms with Crippen molar-refractivity contribution in [2.75, 3.05) is 0 Å². The summed E-state index contributed by atoms with van der Waals surface area (Å²) in [5.41, 5.74) is -0.894. The quantitative estimate of drug-likeness (QED) is 0.186. The van der Waals surface area contributed by atoms with Gasteiger partial charge in [-0.05, 0) is 44.8 Å². The number of rotatable bonds is 3. The van der Waals surface area contributed by atoms with Gasteiger partial charge in [-0.2, -0.15) is 13.2 Å². The Bertz CT molecular complexity index is 1080. The van der Waals surface area contributed by atoms with E-state index in [-0.39, 0.29) is 18.6 Å². The molecular weight excluding hydrogens is 539 g/mol. The minimum absolute atomic E-state index is 0.218. The van der Waals surface area contributed by atoms with Gasteiger partial charge in [0.15, 0.2) is 0 Å². The summed E-state index contributed by atoms with van der Waals surface area (Å²) in [7, 11) is 0. The Morgan fingerprint density at radius 3 is 2.53 bits per heavy atom. The number of ketones is 1. The molecule has 212 valence electrons. The smallest absolute Gasteiger partial charge is 0.412 e. The van der Waals surface area contributed by atoms with Crippen LogP contribution in [-0.2, 0) is 18.5 Å². The van der Waals surface area contributed by atoms with Crippen molar-refractivity contribution in [1.82, 2.24) is 4.98 Å². The van der Waals surface area contributed by atoms with Crippen molar-refractivity contribution in [3.05, 3.63) is 45.5 Å². The predicted octanol–water partition coefficient (Wildman–Crippen LogP) is 6.45. The van der Waals surface area contributed by atoms with Crippen LogP contribution in [0.1, 0.15) is 64.6 Å². The fourth-order valence-corrected chi connectivity index (χ4v) is 5.23. The molecule has 2 heterocycles. The van der Waals surface area contributed by atoms with Crippen LogP contribution in [0.4, 0.5) is 13.2 Å². The van der Waals surface area contributed by atoms with Gasteiger partial charge in [-0.15, -0.1) is 11.3 Å². The monoisotopic (exact) mass is 575 g/mol. The second kappa shape index (κ2) is 13.4. The highest BCUT2D eigenvalue weighted by Crippen LogP contribution is 2.35. The summed E-state index contributed by atoms with van der Waals surface area (Å²) in [6.45, 7) is 9.87. The van der Waals surface area contributed by atoms with Crippen molar-refractivity contribution < 1.29 is 36.8 Å². The van der Waals surface area contributed by atoms with Crippen molar-refractivity contribution in [2.45, 2.75) is 85.3 Å². The first-order valence-corrected chi connectivity index (χ1v) is 13.6. The van der Waals surface area contributed by atoms with Crippen molar-refractivity contribution in [1.29, 1.82) is 0 Å². The average Bonchev–Trinajstić information content (AvgIpc) is 3.24. The van der Waals surface area contributed by atoms with E-state index in [1.165, 1.54) is 23.5 Å².